The first-order chi connectivity index (χ1) is 5.35. The van der Waals surface area contributed by atoms with E-state index in [1.54, 1.807) is 0 Å². The summed E-state index contributed by atoms with van der Waals surface area (Å²) in [4.78, 5) is 2.59. The highest BCUT2D eigenvalue weighted by Gasteiger charge is 2.43. The monoisotopic (exact) mass is 155 g/mol. The fourth-order valence-corrected chi connectivity index (χ4v) is 2.55. The molecule has 2 heterocycles. The number of hydrogen-bond acceptors (Lipinski definition) is 1. The van der Waals surface area contributed by atoms with E-state index < -0.39 is 0 Å². The minimum Gasteiger partial charge on any atom is -0.298 e. The Balaban J connectivity index is 1.77. The predicted molar refractivity (Wildman–Crippen MR) is 46.0 cm³/mol. The molecule has 2 fully saturated rings. The van der Waals surface area contributed by atoms with Gasteiger partial charge in [0.05, 0.1) is 13.1 Å². The van der Waals surface area contributed by atoms with Crippen molar-refractivity contribution in [3.8, 4) is 0 Å². The second-order valence-corrected chi connectivity index (χ2v) is 4.17. The lowest BCUT2D eigenvalue weighted by Crippen LogP contribution is -2.67. The van der Waals surface area contributed by atoms with Crippen molar-refractivity contribution in [1.82, 2.24) is 4.90 Å². The number of quaternary nitrogens is 1. The highest BCUT2D eigenvalue weighted by atomic mass is 15.6. The second kappa shape index (κ2) is 2.76. The lowest BCUT2D eigenvalue weighted by molar-refractivity contribution is -0.985. The molecule has 2 nitrogen and oxygen atoms in total. The van der Waals surface area contributed by atoms with Crippen LogP contribution >= 0.6 is 0 Å². The van der Waals surface area contributed by atoms with Gasteiger partial charge in [-0.3, -0.25) is 4.48 Å². The summed E-state index contributed by atoms with van der Waals surface area (Å²) in [5.41, 5.74) is 0. The molecule has 2 rings (SSSR count). The van der Waals surface area contributed by atoms with Gasteiger partial charge >= 0.3 is 0 Å². The molecular formula is C9H19N2+. The summed E-state index contributed by atoms with van der Waals surface area (Å²) in [5.74, 6) is 0. The molecule has 11 heavy (non-hydrogen) atoms. The average molecular weight is 155 g/mol. The van der Waals surface area contributed by atoms with Crippen LogP contribution in [-0.2, 0) is 0 Å². The first-order valence-corrected chi connectivity index (χ1v) is 4.92. The molecule has 0 aliphatic carbocycles. The van der Waals surface area contributed by atoms with Crippen LogP contribution in [0.15, 0.2) is 0 Å². The molecule has 0 unspecified atom stereocenters. The fourth-order valence-electron chi connectivity index (χ4n) is 2.55. The largest absolute Gasteiger partial charge is 0.298 e. The van der Waals surface area contributed by atoms with Crippen LogP contribution in [0.25, 0.3) is 0 Å². The Morgan fingerprint density at radius 1 is 1.18 bits per heavy atom. The van der Waals surface area contributed by atoms with Gasteiger partial charge in [-0.1, -0.05) is 6.92 Å². The topological polar surface area (TPSA) is 3.24 Å². The van der Waals surface area contributed by atoms with Crippen LogP contribution in [0.2, 0.25) is 0 Å². The van der Waals surface area contributed by atoms with Gasteiger partial charge in [0.1, 0.15) is 13.3 Å². The Hall–Kier alpha value is -0.0800. The van der Waals surface area contributed by atoms with Crippen LogP contribution in [0, 0.1) is 0 Å². The fraction of sp³-hybridized carbons (Fsp3) is 1.00. The van der Waals surface area contributed by atoms with E-state index >= 15 is 0 Å². The van der Waals surface area contributed by atoms with Crippen molar-refractivity contribution in [3.63, 3.8) is 0 Å². The SMILES string of the molecule is CCCN1C[N+]2(CCCC2)C1. The van der Waals surface area contributed by atoms with Gasteiger partial charge in [0.25, 0.3) is 0 Å². The predicted octanol–water partition coefficient (Wildman–Crippen LogP) is 1.24. The zero-order valence-corrected chi connectivity index (χ0v) is 7.55. The molecule has 0 aromatic carbocycles. The minimum atomic E-state index is 1.32. The van der Waals surface area contributed by atoms with Gasteiger partial charge in [-0.05, 0) is 6.42 Å². The lowest BCUT2D eigenvalue weighted by atomic mass is 10.3. The van der Waals surface area contributed by atoms with Crippen molar-refractivity contribution in [2.75, 3.05) is 33.0 Å². The third kappa shape index (κ3) is 1.30. The van der Waals surface area contributed by atoms with E-state index in [0.29, 0.717) is 0 Å². The molecule has 0 aromatic heterocycles. The summed E-state index contributed by atoms with van der Waals surface area (Å²) in [6.07, 6.45) is 4.26. The van der Waals surface area contributed by atoms with Gasteiger partial charge in [0, 0.05) is 19.4 Å². The van der Waals surface area contributed by atoms with Crippen LogP contribution in [0.3, 0.4) is 0 Å². The molecule has 64 valence electrons. The van der Waals surface area contributed by atoms with E-state index in [9.17, 15) is 0 Å². The molecule has 2 saturated heterocycles. The summed E-state index contributed by atoms with van der Waals surface area (Å²) in [6.45, 7) is 9.22. The Morgan fingerprint density at radius 3 is 2.36 bits per heavy atom. The van der Waals surface area contributed by atoms with Gasteiger partial charge in [-0.2, -0.15) is 0 Å². The van der Waals surface area contributed by atoms with Gasteiger partial charge in [-0.25, -0.2) is 4.90 Å². The van der Waals surface area contributed by atoms with Crippen molar-refractivity contribution in [2.45, 2.75) is 26.2 Å². The highest BCUT2D eigenvalue weighted by molar-refractivity contribution is 4.63. The molecule has 0 saturated carbocycles. The van der Waals surface area contributed by atoms with Gasteiger partial charge in [0.2, 0.25) is 0 Å². The third-order valence-electron chi connectivity index (χ3n) is 3.05. The molecule has 0 bridgehead atoms. The standard InChI is InChI=1S/C9H19N2/c1-2-5-10-8-11(9-10)6-3-4-7-11/h2-9H2,1H3/q+1. The zero-order valence-electron chi connectivity index (χ0n) is 7.55. The van der Waals surface area contributed by atoms with E-state index in [0.717, 1.165) is 0 Å². The summed E-state index contributed by atoms with van der Waals surface area (Å²) >= 11 is 0. The number of hydrogen-bond donors (Lipinski definition) is 0. The molecule has 0 N–H and O–H groups in total. The quantitative estimate of drug-likeness (QED) is 0.542. The first kappa shape index (κ1) is 7.56. The third-order valence-corrected chi connectivity index (χ3v) is 3.05. The Bertz CT molecular complexity index is 130. The maximum atomic E-state index is 2.59. The molecule has 0 radical (unpaired) electrons. The van der Waals surface area contributed by atoms with Gasteiger partial charge in [0.15, 0.2) is 0 Å². The van der Waals surface area contributed by atoms with E-state index in [-0.39, 0.29) is 0 Å². The Labute approximate surface area is 69.4 Å². The number of nitrogens with zero attached hydrogens (tertiary/aromatic N) is 2. The molecule has 0 atom stereocenters. The van der Waals surface area contributed by atoms with Crippen molar-refractivity contribution in [1.29, 1.82) is 0 Å². The Kier molecular flexibility index (Phi) is 1.90. The molecule has 2 heteroatoms. The van der Waals surface area contributed by atoms with Crippen LogP contribution in [0.1, 0.15) is 26.2 Å². The summed E-state index contributed by atoms with van der Waals surface area (Å²) in [7, 11) is 0. The molecule has 2 aliphatic heterocycles. The van der Waals surface area contributed by atoms with Crippen molar-refractivity contribution in [3.05, 3.63) is 0 Å². The molecule has 0 aromatic rings. The Morgan fingerprint density at radius 2 is 1.82 bits per heavy atom. The van der Waals surface area contributed by atoms with E-state index in [1.807, 2.05) is 0 Å². The van der Waals surface area contributed by atoms with Crippen LogP contribution in [0.5, 0.6) is 0 Å². The lowest BCUT2D eigenvalue weighted by Gasteiger charge is -2.49. The molecular weight excluding hydrogens is 136 g/mol. The maximum absolute atomic E-state index is 2.59. The van der Waals surface area contributed by atoms with E-state index in [2.05, 4.69) is 11.8 Å². The second-order valence-electron chi connectivity index (χ2n) is 4.17. The summed E-state index contributed by atoms with van der Waals surface area (Å²) < 4.78 is 1.43. The zero-order chi connectivity index (χ0) is 7.73. The smallest absolute Gasteiger partial charge is 0.140 e. The van der Waals surface area contributed by atoms with Crippen LogP contribution in [-0.4, -0.2) is 42.4 Å². The molecule has 1 spiro atoms. The van der Waals surface area contributed by atoms with E-state index in [4.69, 9.17) is 0 Å². The summed E-state index contributed by atoms with van der Waals surface area (Å²) in [6, 6.07) is 0. The van der Waals surface area contributed by atoms with Crippen LogP contribution < -0.4 is 0 Å². The minimum absolute atomic E-state index is 1.32. The first-order valence-electron chi connectivity index (χ1n) is 4.92. The highest BCUT2D eigenvalue weighted by Crippen LogP contribution is 2.27. The van der Waals surface area contributed by atoms with Crippen molar-refractivity contribution in [2.24, 2.45) is 0 Å². The number of rotatable bonds is 2. The van der Waals surface area contributed by atoms with Gasteiger partial charge < -0.3 is 0 Å². The van der Waals surface area contributed by atoms with Crippen molar-refractivity contribution >= 4 is 0 Å². The normalized spacial score (nSPS) is 29.2. The average Bonchev–Trinajstić information content (AvgIpc) is 2.35. The van der Waals surface area contributed by atoms with Gasteiger partial charge in [-0.15, -0.1) is 0 Å². The maximum Gasteiger partial charge on any atom is 0.140 e. The van der Waals surface area contributed by atoms with Crippen molar-refractivity contribution < 1.29 is 4.48 Å². The summed E-state index contributed by atoms with van der Waals surface area (Å²) in [5, 5.41) is 0. The molecule has 2 aliphatic rings. The molecule has 0 amide bonds. The van der Waals surface area contributed by atoms with E-state index in [1.165, 1.54) is 56.7 Å². The van der Waals surface area contributed by atoms with Crippen LogP contribution in [0.4, 0.5) is 0 Å².